The molecule has 5 nitrogen and oxygen atoms in total. The van der Waals surface area contributed by atoms with Crippen molar-refractivity contribution in [2.45, 2.75) is 50.4 Å². The van der Waals surface area contributed by atoms with Crippen LogP contribution in [0.2, 0.25) is 0 Å². The number of para-hydroxylation sites is 2. The maximum absolute atomic E-state index is 12.5. The molecule has 0 aliphatic heterocycles. The average Bonchev–Trinajstić information content (AvgIpc) is 3.38. The number of rotatable bonds is 8. The first-order valence-corrected chi connectivity index (χ1v) is 11.0. The zero-order valence-corrected chi connectivity index (χ0v) is 17.0. The van der Waals surface area contributed by atoms with E-state index in [1.54, 1.807) is 7.11 Å². The van der Waals surface area contributed by atoms with E-state index in [4.69, 9.17) is 9.72 Å². The number of carbonyl (C=O) groups excluding carboxylic acids is 1. The van der Waals surface area contributed by atoms with Gasteiger partial charge in [0.05, 0.1) is 23.4 Å². The van der Waals surface area contributed by atoms with Crippen molar-refractivity contribution < 1.29 is 9.53 Å². The summed E-state index contributed by atoms with van der Waals surface area (Å²) in [5.41, 5.74) is 2.06. The predicted molar refractivity (Wildman–Crippen MR) is 109 cm³/mol. The summed E-state index contributed by atoms with van der Waals surface area (Å²) in [5.74, 6) is 2.93. The number of nitrogens with zero attached hydrogens (tertiary/aromatic N) is 2. The van der Waals surface area contributed by atoms with Crippen molar-refractivity contribution in [1.29, 1.82) is 0 Å². The van der Waals surface area contributed by atoms with E-state index in [2.05, 4.69) is 22.9 Å². The van der Waals surface area contributed by atoms with Crippen LogP contribution in [0.5, 0.6) is 0 Å². The second-order valence-corrected chi connectivity index (χ2v) is 8.95. The van der Waals surface area contributed by atoms with Crippen LogP contribution in [0.1, 0.15) is 32.6 Å². The molecule has 27 heavy (non-hydrogen) atoms. The topological polar surface area (TPSA) is 56.1 Å². The molecule has 2 fully saturated rings. The summed E-state index contributed by atoms with van der Waals surface area (Å²) < 4.78 is 7.39. The van der Waals surface area contributed by atoms with Crippen molar-refractivity contribution in [2.24, 2.45) is 17.8 Å². The molecule has 146 valence electrons. The molecule has 0 saturated heterocycles. The van der Waals surface area contributed by atoms with Crippen LogP contribution in [0.15, 0.2) is 29.4 Å². The van der Waals surface area contributed by atoms with Crippen LogP contribution < -0.4 is 5.32 Å². The van der Waals surface area contributed by atoms with Crippen LogP contribution in [-0.4, -0.2) is 41.0 Å². The fourth-order valence-corrected chi connectivity index (χ4v) is 5.85. The Balaban J connectivity index is 1.37. The van der Waals surface area contributed by atoms with Crippen LogP contribution in [0.25, 0.3) is 11.0 Å². The van der Waals surface area contributed by atoms with E-state index in [0.717, 1.165) is 34.6 Å². The number of aromatic nitrogens is 2. The Kier molecular flexibility index (Phi) is 5.74. The minimum absolute atomic E-state index is 0.112. The standard InChI is InChI=1S/C21H29N3O2S/c1-14(17-12-15-7-8-16(17)11-15)22-20(25)13-27-21-23-18-5-3-4-6-19(18)24(21)9-10-26-2/h3-6,14-17H,7-13H2,1-2H3,(H,22,25)/t14-,15-,16-,17+/m0/s1. The van der Waals surface area contributed by atoms with Crippen molar-refractivity contribution in [3.63, 3.8) is 0 Å². The Bertz CT molecular complexity index is 806. The number of fused-ring (bicyclic) bond motifs is 3. The normalized spacial score (nSPS) is 25.2. The SMILES string of the molecule is COCCn1c(SCC(=O)N[C@@H](C)[C@H]2C[C@H]3CC[C@H]2C3)nc2ccccc21. The molecule has 2 aromatic rings. The van der Waals surface area contributed by atoms with E-state index < -0.39 is 0 Å². The summed E-state index contributed by atoms with van der Waals surface area (Å²) in [6.45, 7) is 3.55. The Morgan fingerprint density at radius 3 is 2.96 bits per heavy atom. The highest BCUT2D eigenvalue weighted by Crippen LogP contribution is 2.49. The molecule has 4 rings (SSSR count). The van der Waals surface area contributed by atoms with Gasteiger partial charge in [0.1, 0.15) is 0 Å². The van der Waals surface area contributed by atoms with Crippen LogP contribution in [0.4, 0.5) is 0 Å². The first-order valence-electron chi connectivity index (χ1n) is 10.0. The zero-order valence-electron chi connectivity index (χ0n) is 16.2. The molecule has 1 aromatic heterocycles. The molecule has 6 heteroatoms. The number of imidazole rings is 1. The van der Waals surface area contributed by atoms with Gasteiger partial charge >= 0.3 is 0 Å². The molecule has 2 aliphatic rings. The molecular formula is C21H29N3O2S. The zero-order chi connectivity index (χ0) is 18.8. The van der Waals surface area contributed by atoms with Gasteiger partial charge in [0.15, 0.2) is 5.16 Å². The summed E-state index contributed by atoms with van der Waals surface area (Å²) in [5, 5.41) is 4.14. The number of methoxy groups -OCH3 is 1. The highest BCUT2D eigenvalue weighted by atomic mass is 32.2. The monoisotopic (exact) mass is 387 g/mol. The molecule has 2 saturated carbocycles. The first-order chi connectivity index (χ1) is 13.2. The van der Waals surface area contributed by atoms with Crippen LogP contribution in [0, 0.1) is 17.8 Å². The maximum Gasteiger partial charge on any atom is 0.230 e. The number of hydrogen-bond acceptors (Lipinski definition) is 4. The van der Waals surface area contributed by atoms with E-state index in [1.165, 1.54) is 37.4 Å². The van der Waals surface area contributed by atoms with Crippen molar-refractivity contribution in [2.75, 3.05) is 19.5 Å². The van der Waals surface area contributed by atoms with E-state index >= 15 is 0 Å². The maximum atomic E-state index is 12.5. The van der Waals surface area contributed by atoms with Crippen LogP contribution in [0.3, 0.4) is 0 Å². The van der Waals surface area contributed by atoms with Gasteiger partial charge in [0.2, 0.25) is 5.91 Å². The molecule has 0 radical (unpaired) electrons. The number of hydrogen-bond donors (Lipinski definition) is 1. The van der Waals surface area contributed by atoms with Crippen molar-refractivity contribution >= 4 is 28.7 Å². The minimum atomic E-state index is 0.112. The van der Waals surface area contributed by atoms with E-state index in [0.29, 0.717) is 18.3 Å². The van der Waals surface area contributed by atoms with Crippen LogP contribution in [-0.2, 0) is 16.1 Å². The second kappa shape index (κ2) is 8.23. The molecule has 0 unspecified atom stereocenters. The Labute approximate surface area is 165 Å². The van der Waals surface area contributed by atoms with Gasteiger partial charge in [0.25, 0.3) is 0 Å². The van der Waals surface area contributed by atoms with Crippen LogP contribution >= 0.6 is 11.8 Å². The summed E-state index contributed by atoms with van der Waals surface area (Å²) >= 11 is 1.52. The lowest BCUT2D eigenvalue weighted by molar-refractivity contribution is -0.119. The van der Waals surface area contributed by atoms with Gasteiger partial charge in [-0.2, -0.15) is 0 Å². The van der Waals surface area contributed by atoms with Gasteiger partial charge in [0, 0.05) is 19.7 Å². The lowest BCUT2D eigenvalue weighted by Gasteiger charge is -2.28. The molecule has 2 bridgehead atoms. The quantitative estimate of drug-likeness (QED) is 0.702. The van der Waals surface area contributed by atoms with Gasteiger partial charge in [-0.15, -0.1) is 0 Å². The summed E-state index contributed by atoms with van der Waals surface area (Å²) in [4.78, 5) is 17.3. The van der Waals surface area contributed by atoms with Gasteiger partial charge in [-0.05, 0) is 56.1 Å². The fraction of sp³-hybridized carbons (Fsp3) is 0.619. The minimum Gasteiger partial charge on any atom is -0.383 e. The Hall–Kier alpha value is -1.53. The molecule has 0 spiro atoms. The summed E-state index contributed by atoms with van der Waals surface area (Å²) in [6.07, 6.45) is 5.43. The van der Waals surface area contributed by atoms with E-state index in [9.17, 15) is 4.79 Å². The predicted octanol–water partition coefficient (Wildman–Crippen LogP) is 3.72. The molecule has 1 amide bonds. The van der Waals surface area contributed by atoms with Crippen molar-refractivity contribution in [1.82, 2.24) is 14.9 Å². The smallest absolute Gasteiger partial charge is 0.230 e. The number of nitrogens with one attached hydrogen (secondary N) is 1. The number of thioether (sulfide) groups is 1. The van der Waals surface area contributed by atoms with E-state index in [-0.39, 0.29) is 11.9 Å². The molecule has 1 aromatic carbocycles. The Morgan fingerprint density at radius 2 is 2.22 bits per heavy atom. The van der Waals surface area contributed by atoms with E-state index in [1.807, 2.05) is 18.2 Å². The van der Waals surface area contributed by atoms with Gasteiger partial charge in [-0.25, -0.2) is 4.98 Å². The second-order valence-electron chi connectivity index (χ2n) is 8.01. The van der Waals surface area contributed by atoms with Gasteiger partial charge in [-0.1, -0.05) is 30.3 Å². The summed E-state index contributed by atoms with van der Waals surface area (Å²) in [7, 11) is 1.70. The molecule has 2 aliphatic carbocycles. The molecule has 4 atom stereocenters. The number of carbonyl (C=O) groups is 1. The highest BCUT2D eigenvalue weighted by molar-refractivity contribution is 7.99. The molecule has 1 N–H and O–H groups in total. The van der Waals surface area contributed by atoms with Crippen molar-refractivity contribution in [3.8, 4) is 0 Å². The largest absolute Gasteiger partial charge is 0.383 e. The number of amides is 1. The first kappa shape index (κ1) is 18.8. The van der Waals surface area contributed by atoms with Gasteiger partial charge < -0.3 is 14.6 Å². The fourth-order valence-electron chi connectivity index (χ4n) is 5.00. The molecule has 1 heterocycles. The summed E-state index contributed by atoms with van der Waals surface area (Å²) in [6, 6.07) is 8.37. The lowest BCUT2D eigenvalue weighted by atomic mass is 9.84. The molecular weight excluding hydrogens is 358 g/mol. The third-order valence-electron chi connectivity index (χ3n) is 6.29. The lowest BCUT2D eigenvalue weighted by Crippen LogP contribution is -2.40. The number of benzene rings is 1. The van der Waals surface area contributed by atoms with Gasteiger partial charge in [-0.3, -0.25) is 4.79 Å². The average molecular weight is 388 g/mol. The third-order valence-corrected chi connectivity index (χ3v) is 7.27. The third kappa shape index (κ3) is 4.02. The van der Waals surface area contributed by atoms with Crippen molar-refractivity contribution in [3.05, 3.63) is 24.3 Å². The Morgan fingerprint density at radius 1 is 1.37 bits per heavy atom. The number of ether oxygens (including phenoxy) is 1. The highest BCUT2D eigenvalue weighted by Gasteiger charge is 2.42.